The van der Waals surface area contributed by atoms with Gasteiger partial charge in [-0.05, 0) is 59.7 Å². The molecule has 2 aromatic rings. The number of hydrogen-bond acceptors (Lipinski definition) is 4. The van der Waals surface area contributed by atoms with E-state index in [1.165, 1.54) is 25.0 Å². The van der Waals surface area contributed by atoms with Gasteiger partial charge in [-0.3, -0.25) is 0 Å². The number of rotatable bonds is 4. The number of nitrogens with two attached hydrogens (primary N) is 1. The maximum atomic E-state index is 12.8. The van der Waals surface area contributed by atoms with Gasteiger partial charge in [0.15, 0.2) is 0 Å². The molecular formula is C14H13FIN3S. The molecule has 0 atom stereocenters. The second kappa shape index (κ2) is 5.85. The molecular weight excluding hydrogens is 388 g/mol. The Morgan fingerprint density at radius 2 is 1.95 bits per heavy atom. The van der Waals surface area contributed by atoms with E-state index in [4.69, 9.17) is 5.73 Å². The van der Waals surface area contributed by atoms with E-state index in [2.05, 4.69) is 32.6 Å². The average Bonchev–Trinajstić information content (AvgIpc) is 3.26. The third-order valence-electron chi connectivity index (χ3n) is 3.09. The minimum absolute atomic E-state index is 0.222. The smallest absolute Gasteiger partial charge is 0.141 e. The van der Waals surface area contributed by atoms with Crippen molar-refractivity contribution in [2.24, 2.45) is 0 Å². The van der Waals surface area contributed by atoms with Crippen molar-refractivity contribution < 1.29 is 4.39 Å². The molecule has 1 aliphatic carbocycles. The van der Waals surface area contributed by atoms with Gasteiger partial charge in [0.1, 0.15) is 17.5 Å². The third-order valence-corrected chi connectivity index (χ3v) is 5.21. The van der Waals surface area contributed by atoms with E-state index in [1.807, 2.05) is 0 Å². The van der Waals surface area contributed by atoms with Crippen LogP contribution in [0.3, 0.4) is 0 Å². The maximum Gasteiger partial charge on any atom is 0.141 e. The van der Waals surface area contributed by atoms with Crippen molar-refractivity contribution in [3.63, 3.8) is 0 Å². The molecule has 0 bridgehead atoms. The molecule has 1 aromatic carbocycles. The van der Waals surface area contributed by atoms with E-state index >= 15 is 0 Å². The van der Waals surface area contributed by atoms with Crippen LogP contribution in [0.5, 0.6) is 0 Å². The second-order valence-corrected chi connectivity index (χ2v) is 6.87. The number of nitrogen functional groups attached to an aromatic ring is 1. The van der Waals surface area contributed by atoms with Crippen molar-refractivity contribution >= 4 is 40.2 Å². The molecule has 1 aliphatic rings. The van der Waals surface area contributed by atoms with Crippen LogP contribution in [0, 0.1) is 9.39 Å². The fourth-order valence-electron chi connectivity index (χ4n) is 1.90. The van der Waals surface area contributed by atoms with Crippen LogP contribution in [0.25, 0.3) is 0 Å². The van der Waals surface area contributed by atoms with Crippen LogP contribution in [0.4, 0.5) is 10.2 Å². The highest BCUT2D eigenvalue weighted by Crippen LogP contribution is 2.42. The highest BCUT2D eigenvalue weighted by molar-refractivity contribution is 14.1. The van der Waals surface area contributed by atoms with E-state index in [1.54, 1.807) is 23.9 Å². The van der Waals surface area contributed by atoms with Gasteiger partial charge in [-0.2, -0.15) is 0 Å². The Morgan fingerprint density at radius 1 is 1.25 bits per heavy atom. The number of nitrogens with zero attached hydrogens (tertiary/aromatic N) is 2. The molecule has 0 radical (unpaired) electrons. The minimum atomic E-state index is -0.222. The van der Waals surface area contributed by atoms with E-state index < -0.39 is 0 Å². The van der Waals surface area contributed by atoms with E-state index in [0.29, 0.717) is 17.5 Å². The van der Waals surface area contributed by atoms with Crippen LogP contribution in [0.15, 0.2) is 29.2 Å². The summed E-state index contributed by atoms with van der Waals surface area (Å²) in [6, 6.07) is 6.44. The molecule has 2 N–H and O–H groups in total. The number of halogens is 2. The molecule has 0 amide bonds. The number of benzene rings is 1. The lowest BCUT2D eigenvalue weighted by Gasteiger charge is -2.08. The Kier molecular flexibility index (Phi) is 4.11. The summed E-state index contributed by atoms with van der Waals surface area (Å²) in [6.45, 7) is 0. The van der Waals surface area contributed by atoms with Crippen molar-refractivity contribution in [1.29, 1.82) is 0 Å². The SMILES string of the molecule is Nc1nc(CSc2ccc(F)cc2)nc(C2CC2)c1I. The molecule has 104 valence electrons. The Balaban J connectivity index is 1.75. The van der Waals surface area contributed by atoms with Crippen molar-refractivity contribution in [2.45, 2.75) is 29.4 Å². The topological polar surface area (TPSA) is 51.8 Å². The van der Waals surface area contributed by atoms with E-state index in [9.17, 15) is 4.39 Å². The van der Waals surface area contributed by atoms with Gasteiger partial charge < -0.3 is 5.73 Å². The second-order valence-electron chi connectivity index (χ2n) is 4.74. The molecule has 0 unspecified atom stereocenters. The molecule has 1 heterocycles. The normalized spacial score (nSPS) is 14.5. The molecule has 1 fully saturated rings. The van der Waals surface area contributed by atoms with Crippen LogP contribution < -0.4 is 5.73 Å². The van der Waals surface area contributed by atoms with Crippen LogP contribution in [0.2, 0.25) is 0 Å². The van der Waals surface area contributed by atoms with Gasteiger partial charge >= 0.3 is 0 Å². The zero-order valence-corrected chi connectivity index (χ0v) is 13.6. The Labute approximate surface area is 134 Å². The van der Waals surface area contributed by atoms with Crippen LogP contribution >= 0.6 is 34.4 Å². The first-order valence-electron chi connectivity index (χ1n) is 6.33. The number of aromatic nitrogens is 2. The molecule has 1 saturated carbocycles. The van der Waals surface area contributed by atoms with E-state index in [-0.39, 0.29) is 5.82 Å². The molecule has 0 spiro atoms. The molecule has 3 rings (SSSR count). The number of thioether (sulfide) groups is 1. The van der Waals surface area contributed by atoms with Gasteiger partial charge in [-0.15, -0.1) is 11.8 Å². The van der Waals surface area contributed by atoms with E-state index in [0.717, 1.165) is 20.0 Å². The average molecular weight is 401 g/mol. The quantitative estimate of drug-likeness (QED) is 0.622. The summed E-state index contributed by atoms with van der Waals surface area (Å²) in [5.74, 6) is 2.30. The zero-order valence-electron chi connectivity index (χ0n) is 10.6. The van der Waals surface area contributed by atoms with Gasteiger partial charge in [0.05, 0.1) is 15.0 Å². The van der Waals surface area contributed by atoms with Gasteiger partial charge in [0.2, 0.25) is 0 Å². The zero-order chi connectivity index (χ0) is 14.1. The van der Waals surface area contributed by atoms with Crippen LogP contribution in [0.1, 0.15) is 30.3 Å². The standard InChI is InChI=1S/C14H13FIN3S/c15-9-3-5-10(6-4-9)20-7-11-18-13(8-1-2-8)12(16)14(17)19-11/h3-6,8H,1-2,7H2,(H2,17,18,19). The fourth-order valence-corrected chi connectivity index (χ4v) is 3.34. The summed E-state index contributed by atoms with van der Waals surface area (Å²) in [7, 11) is 0. The predicted molar refractivity (Wildman–Crippen MR) is 87.1 cm³/mol. The fraction of sp³-hybridized carbons (Fsp3) is 0.286. The Morgan fingerprint density at radius 3 is 2.60 bits per heavy atom. The third kappa shape index (κ3) is 3.22. The summed E-state index contributed by atoms with van der Waals surface area (Å²) in [4.78, 5) is 9.97. The highest BCUT2D eigenvalue weighted by Gasteiger charge is 2.28. The lowest BCUT2D eigenvalue weighted by Crippen LogP contribution is -2.06. The summed E-state index contributed by atoms with van der Waals surface area (Å²) in [5.41, 5.74) is 7.05. The van der Waals surface area contributed by atoms with Gasteiger partial charge in [-0.1, -0.05) is 0 Å². The molecule has 0 aliphatic heterocycles. The largest absolute Gasteiger partial charge is 0.383 e. The molecule has 3 nitrogen and oxygen atoms in total. The maximum absolute atomic E-state index is 12.8. The van der Waals surface area contributed by atoms with Gasteiger partial charge in [0.25, 0.3) is 0 Å². The summed E-state index contributed by atoms with van der Waals surface area (Å²) >= 11 is 3.81. The molecule has 6 heteroatoms. The lowest BCUT2D eigenvalue weighted by molar-refractivity contribution is 0.626. The van der Waals surface area contributed by atoms with Crippen molar-refractivity contribution in [3.8, 4) is 0 Å². The number of anilines is 1. The van der Waals surface area contributed by atoms with Crippen molar-refractivity contribution in [3.05, 3.63) is 45.2 Å². The molecule has 0 saturated heterocycles. The minimum Gasteiger partial charge on any atom is -0.383 e. The molecule has 20 heavy (non-hydrogen) atoms. The monoisotopic (exact) mass is 401 g/mol. The van der Waals surface area contributed by atoms with Crippen molar-refractivity contribution in [2.75, 3.05) is 5.73 Å². The Hall–Kier alpha value is -0.890. The number of hydrogen-bond donors (Lipinski definition) is 1. The van der Waals surface area contributed by atoms with Crippen LogP contribution in [-0.2, 0) is 5.75 Å². The first-order chi connectivity index (χ1) is 9.63. The summed E-state index contributed by atoms with van der Waals surface area (Å²) in [6.07, 6.45) is 2.38. The first kappa shape index (κ1) is 14.1. The van der Waals surface area contributed by atoms with Gasteiger partial charge in [0, 0.05) is 10.8 Å². The predicted octanol–water partition coefficient (Wildman–Crippen LogP) is 3.97. The highest BCUT2D eigenvalue weighted by atomic mass is 127. The lowest BCUT2D eigenvalue weighted by atomic mass is 10.3. The summed E-state index contributed by atoms with van der Waals surface area (Å²) in [5, 5.41) is 0. The molecule has 1 aromatic heterocycles. The van der Waals surface area contributed by atoms with Crippen LogP contribution in [-0.4, -0.2) is 9.97 Å². The first-order valence-corrected chi connectivity index (χ1v) is 8.40. The summed E-state index contributed by atoms with van der Waals surface area (Å²) < 4.78 is 13.8. The Bertz CT molecular complexity index is 629. The van der Waals surface area contributed by atoms with Crippen molar-refractivity contribution in [1.82, 2.24) is 9.97 Å². The van der Waals surface area contributed by atoms with Gasteiger partial charge in [-0.25, -0.2) is 14.4 Å².